The summed E-state index contributed by atoms with van der Waals surface area (Å²) in [5.74, 6) is 5.62. The second kappa shape index (κ2) is 9.25. The zero-order chi connectivity index (χ0) is 22.5. The molecule has 0 unspecified atom stereocenters. The van der Waals surface area contributed by atoms with E-state index in [1.165, 1.54) is 0 Å². The number of allylic oxidation sites excluding steroid dienone is 6. The van der Waals surface area contributed by atoms with Crippen LogP contribution < -0.4 is 17.1 Å². The number of anilines is 1. The molecule has 0 amide bonds. The van der Waals surface area contributed by atoms with E-state index in [0.29, 0.717) is 34.9 Å². The Balaban J connectivity index is 1.64. The molecule has 0 saturated heterocycles. The average Bonchev–Trinajstić information content (AvgIpc) is 3.19. The second-order valence-electron chi connectivity index (χ2n) is 7.08. The third-order valence-corrected chi connectivity index (χ3v) is 4.92. The number of hydroxylamine groups is 1. The van der Waals surface area contributed by atoms with Crippen LogP contribution in [-0.2, 0) is 11.4 Å². The molecule has 2 aromatic heterocycles. The lowest BCUT2D eigenvalue weighted by Crippen LogP contribution is -2.22. The highest BCUT2D eigenvalue weighted by molar-refractivity contribution is 6.13. The predicted molar refractivity (Wildman–Crippen MR) is 128 cm³/mol. The van der Waals surface area contributed by atoms with Gasteiger partial charge in [0, 0.05) is 17.7 Å². The lowest BCUT2D eigenvalue weighted by atomic mass is 10.0. The summed E-state index contributed by atoms with van der Waals surface area (Å²) >= 11 is 0. The summed E-state index contributed by atoms with van der Waals surface area (Å²) in [6, 6.07) is 9.64. The highest BCUT2D eigenvalue weighted by Gasteiger charge is 2.13. The van der Waals surface area contributed by atoms with Gasteiger partial charge in [0.05, 0.1) is 23.3 Å². The Morgan fingerprint density at radius 1 is 1.25 bits per heavy atom. The van der Waals surface area contributed by atoms with Crippen molar-refractivity contribution in [2.45, 2.75) is 6.42 Å². The summed E-state index contributed by atoms with van der Waals surface area (Å²) in [6.45, 7) is 7.74. The van der Waals surface area contributed by atoms with Crippen LogP contribution in [0.15, 0.2) is 96.3 Å². The summed E-state index contributed by atoms with van der Waals surface area (Å²) in [6.07, 6.45) is 13.4. The van der Waals surface area contributed by atoms with Gasteiger partial charge in [0.25, 0.3) is 0 Å². The number of aromatic nitrogens is 3. The SMILES string of the molecule is C=C/C=C\c1cc(Cc2cnc3ccc(N=C4C=CC=C(NON)C4=C)nn23)ccc1N. The van der Waals surface area contributed by atoms with Crippen LogP contribution in [0.1, 0.15) is 16.8 Å². The van der Waals surface area contributed by atoms with Crippen LogP contribution >= 0.6 is 0 Å². The fourth-order valence-corrected chi connectivity index (χ4v) is 3.31. The molecule has 32 heavy (non-hydrogen) atoms. The largest absolute Gasteiger partial charge is 0.398 e. The van der Waals surface area contributed by atoms with E-state index in [0.717, 1.165) is 22.5 Å². The van der Waals surface area contributed by atoms with E-state index in [4.69, 9.17) is 11.6 Å². The van der Waals surface area contributed by atoms with E-state index < -0.39 is 0 Å². The lowest BCUT2D eigenvalue weighted by molar-refractivity contribution is 0.0655. The fourth-order valence-electron chi connectivity index (χ4n) is 3.31. The van der Waals surface area contributed by atoms with Crippen molar-refractivity contribution >= 4 is 28.9 Å². The summed E-state index contributed by atoms with van der Waals surface area (Å²) in [7, 11) is 0. The highest BCUT2D eigenvalue weighted by Crippen LogP contribution is 2.21. The number of aliphatic imine (C=N–C) groups is 1. The van der Waals surface area contributed by atoms with Crippen molar-refractivity contribution in [2.75, 3.05) is 5.73 Å². The van der Waals surface area contributed by atoms with E-state index in [1.807, 2.05) is 54.8 Å². The van der Waals surface area contributed by atoms with Crippen LogP contribution in [0.3, 0.4) is 0 Å². The van der Waals surface area contributed by atoms with E-state index in [2.05, 4.69) is 44.7 Å². The number of nitrogens with one attached hydrogen (secondary N) is 1. The van der Waals surface area contributed by atoms with Crippen molar-refractivity contribution < 1.29 is 4.94 Å². The number of benzene rings is 1. The van der Waals surface area contributed by atoms with Gasteiger partial charge in [-0.15, -0.1) is 5.10 Å². The minimum atomic E-state index is 0.527. The van der Waals surface area contributed by atoms with Crippen molar-refractivity contribution in [1.29, 1.82) is 0 Å². The van der Waals surface area contributed by atoms with Crippen LogP contribution in [0.25, 0.3) is 11.7 Å². The zero-order valence-electron chi connectivity index (χ0n) is 17.4. The highest BCUT2D eigenvalue weighted by atomic mass is 16.8. The van der Waals surface area contributed by atoms with E-state index >= 15 is 0 Å². The van der Waals surface area contributed by atoms with Crippen molar-refractivity contribution in [1.82, 2.24) is 20.1 Å². The molecule has 8 heteroatoms. The molecule has 1 aliphatic rings. The standard InChI is InChI=1S/C24H23N7O/c1-3-4-6-18-13-17(9-10-20(18)25)14-19-15-27-24-12-11-23(29-31(19)24)28-21-7-5-8-22(16(21)2)30-32-26/h3-13,15,30H,1-2,14,25-26H2/b6-4-,28-21?. The lowest BCUT2D eigenvalue weighted by Gasteiger charge is -2.14. The molecule has 0 atom stereocenters. The molecule has 2 heterocycles. The number of nitrogen functional groups attached to an aromatic ring is 1. The molecule has 0 aliphatic heterocycles. The van der Waals surface area contributed by atoms with Gasteiger partial charge < -0.3 is 5.73 Å². The molecule has 0 spiro atoms. The summed E-state index contributed by atoms with van der Waals surface area (Å²) < 4.78 is 1.79. The van der Waals surface area contributed by atoms with Crippen LogP contribution in [0, 0.1) is 0 Å². The van der Waals surface area contributed by atoms with Gasteiger partial charge in [-0.2, -0.15) is 10.8 Å². The van der Waals surface area contributed by atoms with Crippen molar-refractivity contribution in [3.05, 3.63) is 108 Å². The maximum atomic E-state index is 6.08. The maximum Gasteiger partial charge on any atom is 0.173 e. The Bertz CT molecular complexity index is 1310. The van der Waals surface area contributed by atoms with Gasteiger partial charge in [0.1, 0.15) is 0 Å². The monoisotopic (exact) mass is 425 g/mol. The van der Waals surface area contributed by atoms with Crippen LogP contribution in [-0.4, -0.2) is 20.3 Å². The topological polar surface area (TPSA) is 116 Å². The molecule has 1 aromatic carbocycles. The Morgan fingerprint density at radius 3 is 2.94 bits per heavy atom. The number of rotatable bonds is 7. The van der Waals surface area contributed by atoms with E-state index in [-0.39, 0.29) is 0 Å². The molecule has 0 saturated carbocycles. The first-order valence-electron chi connectivity index (χ1n) is 9.88. The van der Waals surface area contributed by atoms with Crippen molar-refractivity contribution in [3.8, 4) is 0 Å². The molecule has 5 N–H and O–H groups in total. The number of nitrogens with two attached hydrogens (primary N) is 2. The van der Waals surface area contributed by atoms with Crippen molar-refractivity contribution in [2.24, 2.45) is 10.9 Å². The van der Waals surface area contributed by atoms with Gasteiger partial charge in [-0.1, -0.05) is 43.5 Å². The minimum absolute atomic E-state index is 0.527. The smallest absolute Gasteiger partial charge is 0.173 e. The summed E-state index contributed by atoms with van der Waals surface area (Å²) in [5, 5.41) is 4.66. The van der Waals surface area contributed by atoms with Crippen molar-refractivity contribution in [3.63, 3.8) is 0 Å². The Morgan fingerprint density at radius 2 is 2.12 bits per heavy atom. The molecule has 8 nitrogen and oxygen atoms in total. The third kappa shape index (κ3) is 4.41. The first kappa shape index (κ1) is 21.0. The average molecular weight is 425 g/mol. The first-order valence-corrected chi connectivity index (χ1v) is 9.88. The summed E-state index contributed by atoms with van der Waals surface area (Å²) in [4.78, 5) is 13.6. The number of fused-ring (bicyclic) bond motifs is 1. The predicted octanol–water partition coefficient (Wildman–Crippen LogP) is 3.58. The van der Waals surface area contributed by atoms with Gasteiger partial charge in [-0.25, -0.2) is 20.0 Å². The minimum Gasteiger partial charge on any atom is -0.398 e. The molecule has 0 fully saturated rings. The van der Waals surface area contributed by atoms with Crippen LogP contribution in [0.2, 0.25) is 0 Å². The molecule has 0 bridgehead atoms. The first-order chi connectivity index (χ1) is 15.6. The van der Waals surface area contributed by atoms with Gasteiger partial charge in [0.15, 0.2) is 11.5 Å². The van der Waals surface area contributed by atoms with Crippen LogP contribution in [0.5, 0.6) is 0 Å². The second-order valence-corrected chi connectivity index (χ2v) is 7.08. The number of nitrogens with zero attached hydrogens (tertiary/aromatic N) is 4. The Labute approximate surface area is 185 Å². The molecular formula is C24H23N7O. The Hall–Kier alpha value is -4.27. The molecule has 4 rings (SSSR count). The van der Waals surface area contributed by atoms with Gasteiger partial charge in [0.2, 0.25) is 0 Å². The van der Waals surface area contributed by atoms with Gasteiger partial charge >= 0.3 is 0 Å². The third-order valence-electron chi connectivity index (χ3n) is 4.92. The molecular weight excluding hydrogens is 402 g/mol. The van der Waals surface area contributed by atoms with Crippen LogP contribution in [0.4, 0.5) is 11.5 Å². The molecule has 3 aromatic rings. The Kier molecular flexibility index (Phi) is 6.07. The normalized spacial score (nSPS) is 15.0. The fraction of sp³-hybridized carbons (Fsp3) is 0.0417. The van der Waals surface area contributed by atoms with Gasteiger partial charge in [-0.3, -0.25) is 0 Å². The van der Waals surface area contributed by atoms with E-state index in [9.17, 15) is 0 Å². The molecule has 1 aliphatic carbocycles. The zero-order valence-corrected chi connectivity index (χ0v) is 17.4. The van der Waals surface area contributed by atoms with Gasteiger partial charge in [-0.05, 0) is 47.5 Å². The quantitative estimate of drug-likeness (QED) is 0.303. The number of hydrogen-bond donors (Lipinski definition) is 3. The summed E-state index contributed by atoms with van der Waals surface area (Å²) in [5.41, 5.74) is 15.0. The number of hydrogen-bond acceptors (Lipinski definition) is 7. The molecule has 0 radical (unpaired) electrons. The maximum absolute atomic E-state index is 6.08. The molecule has 160 valence electrons. The van der Waals surface area contributed by atoms with E-state index in [1.54, 1.807) is 16.7 Å². The number of imidazole rings is 1.